The van der Waals surface area contributed by atoms with Crippen molar-refractivity contribution in [1.82, 2.24) is 4.98 Å². The molecule has 0 aromatic carbocycles. The fourth-order valence-corrected chi connectivity index (χ4v) is 1.65. The third-order valence-electron chi connectivity index (χ3n) is 1.94. The van der Waals surface area contributed by atoms with E-state index in [4.69, 9.17) is 23.2 Å². The van der Waals surface area contributed by atoms with E-state index in [0.29, 0.717) is 6.20 Å². The molecule has 0 saturated carbocycles. The lowest BCUT2D eigenvalue weighted by atomic mass is 10.1. The predicted octanol–water partition coefficient (Wildman–Crippen LogP) is 4.04. The number of hydrogen-bond donors (Lipinski definition) is 0. The molecule has 0 spiro atoms. The zero-order valence-corrected chi connectivity index (χ0v) is 10.3. The molecule has 1 aromatic rings. The van der Waals surface area contributed by atoms with Gasteiger partial charge < -0.3 is 4.74 Å². The average Bonchev–Trinajstić information content (AvgIpc) is 2.25. The van der Waals surface area contributed by atoms with Crippen LogP contribution in [-0.2, 0) is 5.88 Å². The number of ether oxygens (including phenoxy) is 1. The minimum Gasteiger partial charge on any atom is -0.403 e. The van der Waals surface area contributed by atoms with Crippen LogP contribution in [0.2, 0.25) is 0 Å². The van der Waals surface area contributed by atoms with E-state index >= 15 is 0 Å². The zero-order valence-electron chi connectivity index (χ0n) is 8.77. The van der Waals surface area contributed by atoms with Crippen LogP contribution in [0.4, 0.5) is 22.0 Å². The van der Waals surface area contributed by atoms with Gasteiger partial charge in [-0.2, -0.15) is 0 Å². The van der Waals surface area contributed by atoms with E-state index in [9.17, 15) is 26.7 Å². The molecule has 0 saturated heterocycles. The van der Waals surface area contributed by atoms with Crippen LogP contribution < -0.4 is 4.74 Å². The first-order valence-electron chi connectivity index (χ1n) is 4.48. The highest BCUT2D eigenvalue weighted by Crippen LogP contribution is 2.36. The maximum absolute atomic E-state index is 12.6. The number of rotatable bonds is 4. The monoisotopic (exact) mass is 323 g/mol. The molecule has 0 aliphatic rings. The number of aromatic nitrogens is 1. The van der Waals surface area contributed by atoms with Crippen molar-refractivity contribution in [2.75, 3.05) is 0 Å². The Labute approximate surface area is 113 Å². The van der Waals surface area contributed by atoms with E-state index < -0.39 is 46.5 Å². The molecule has 0 aliphatic carbocycles. The molecule has 0 bridgehead atoms. The molecule has 106 valence electrons. The van der Waals surface area contributed by atoms with E-state index in [1.807, 2.05) is 0 Å². The topological polar surface area (TPSA) is 39.2 Å². The molecule has 0 fully saturated rings. The molecule has 1 aromatic heterocycles. The summed E-state index contributed by atoms with van der Waals surface area (Å²) in [6.45, 7) is 0. The molecule has 0 aliphatic heterocycles. The maximum atomic E-state index is 12.6. The summed E-state index contributed by atoms with van der Waals surface area (Å²) in [5.41, 5.74) is -2.48. The standard InChI is InChI=1S/C9H4Cl2F5NO2/c10-1-3-4(8(12)13)2-17-5(7(11)18)6(3)19-9(14,15)16/h2,8H,1H2. The highest BCUT2D eigenvalue weighted by molar-refractivity contribution is 6.67. The van der Waals surface area contributed by atoms with Gasteiger partial charge in [-0.1, -0.05) is 0 Å². The lowest BCUT2D eigenvalue weighted by Crippen LogP contribution is -2.21. The van der Waals surface area contributed by atoms with Crippen LogP contribution in [0.15, 0.2) is 6.20 Å². The van der Waals surface area contributed by atoms with Crippen LogP contribution in [0.5, 0.6) is 5.75 Å². The van der Waals surface area contributed by atoms with Gasteiger partial charge in [0.2, 0.25) is 0 Å². The average molecular weight is 324 g/mol. The van der Waals surface area contributed by atoms with Crippen molar-refractivity contribution < 1.29 is 31.5 Å². The van der Waals surface area contributed by atoms with Gasteiger partial charge in [0.05, 0.1) is 5.88 Å². The van der Waals surface area contributed by atoms with Gasteiger partial charge in [0.1, 0.15) is 0 Å². The lowest BCUT2D eigenvalue weighted by Gasteiger charge is -2.16. The molecule has 19 heavy (non-hydrogen) atoms. The first-order valence-corrected chi connectivity index (χ1v) is 5.40. The quantitative estimate of drug-likeness (QED) is 0.477. The van der Waals surface area contributed by atoms with Gasteiger partial charge >= 0.3 is 6.36 Å². The second kappa shape index (κ2) is 5.87. The third-order valence-corrected chi connectivity index (χ3v) is 2.39. The Hall–Kier alpha value is -1.15. The van der Waals surface area contributed by atoms with Crippen molar-refractivity contribution in [2.24, 2.45) is 0 Å². The second-order valence-electron chi connectivity index (χ2n) is 3.13. The summed E-state index contributed by atoms with van der Waals surface area (Å²) in [5, 5.41) is -1.38. The van der Waals surface area contributed by atoms with E-state index in [1.54, 1.807) is 0 Å². The number of nitrogens with zero attached hydrogens (tertiary/aromatic N) is 1. The van der Waals surface area contributed by atoms with Crippen molar-refractivity contribution in [2.45, 2.75) is 18.7 Å². The molecular weight excluding hydrogens is 320 g/mol. The number of hydrogen-bond acceptors (Lipinski definition) is 3. The van der Waals surface area contributed by atoms with E-state index in [-0.39, 0.29) is 0 Å². The molecule has 0 radical (unpaired) electrons. The van der Waals surface area contributed by atoms with E-state index in [2.05, 4.69) is 9.72 Å². The summed E-state index contributed by atoms with van der Waals surface area (Å²) < 4.78 is 65.3. The van der Waals surface area contributed by atoms with Crippen LogP contribution in [0, 0.1) is 0 Å². The van der Waals surface area contributed by atoms with Gasteiger partial charge in [-0.05, 0) is 11.6 Å². The van der Waals surface area contributed by atoms with Crippen molar-refractivity contribution in [3.05, 3.63) is 23.0 Å². The molecule has 0 N–H and O–H groups in total. The molecule has 0 atom stereocenters. The predicted molar refractivity (Wildman–Crippen MR) is 55.6 cm³/mol. The smallest absolute Gasteiger partial charge is 0.403 e. The highest BCUT2D eigenvalue weighted by Gasteiger charge is 2.36. The maximum Gasteiger partial charge on any atom is 0.573 e. The number of carbonyl (C=O) groups excluding carboxylic acids is 1. The third kappa shape index (κ3) is 3.90. The van der Waals surface area contributed by atoms with Crippen LogP contribution in [0.3, 0.4) is 0 Å². The Morgan fingerprint density at radius 2 is 2.00 bits per heavy atom. The normalized spacial score (nSPS) is 11.8. The van der Waals surface area contributed by atoms with Gasteiger partial charge in [-0.25, -0.2) is 13.8 Å². The summed E-state index contributed by atoms with van der Waals surface area (Å²) in [6.07, 6.45) is -7.80. The Bertz CT molecular complexity index is 492. The Morgan fingerprint density at radius 3 is 2.37 bits per heavy atom. The fraction of sp³-hybridized carbons (Fsp3) is 0.333. The Morgan fingerprint density at radius 1 is 1.42 bits per heavy atom. The second-order valence-corrected chi connectivity index (χ2v) is 3.74. The first kappa shape index (κ1) is 15.9. The molecule has 0 amide bonds. The summed E-state index contributed by atoms with van der Waals surface area (Å²) in [5.74, 6) is -1.94. The SMILES string of the molecule is O=C(Cl)c1ncc(C(F)F)c(CCl)c1OC(F)(F)F. The zero-order chi connectivity index (χ0) is 14.8. The molecule has 0 unspecified atom stereocenters. The van der Waals surface area contributed by atoms with Gasteiger partial charge in [0, 0.05) is 17.3 Å². The summed E-state index contributed by atoms with van der Waals surface area (Å²) in [4.78, 5) is 14.1. The first-order chi connectivity index (χ1) is 8.67. The van der Waals surface area contributed by atoms with Crippen LogP contribution in [0.25, 0.3) is 0 Å². The molecular formula is C9H4Cl2F5NO2. The Kier molecular flexibility index (Phi) is 4.92. The van der Waals surface area contributed by atoms with Gasteiger partial charge in [0.15, 0.2) is 11.4 Å². The minimum absolute atomic E-state index is 0.529. The minimum atomic E-state index is -5.20. The van der Waals surface area contributed by atoms with Crippen molar-refractivity contribution >= 4 is 28.4 Å². The van der Waals surface area contributed by atoms with Crippen LogP contribution in [0.1, 0.15) is 28.0 Å². The Balaban J connectivity index is 3.50. The number of pyridine rings is 1. The van der Waals surface area contributed by atoms with Crippen molar-refractivity contribution in [3.8, 4) is 5.75 Å². The lowest BCUT2D eigenvalue weighted by molar-refractivity contribution is -0.275. The van der Waals surface area contributed by atoms with Crippen molar-refractivity contribution in [1.29, 1.82) is 0 Å². The van der Waals surface area contributed by atoms with Gasteiger partial charge in [0.25, 0.3) is 11.7 Å². The molecule has 1 rings (SSSR count). The van der Waals surface area contributed by atoms with Gasteiger partial charge in [-0.3, -0.25) is 4.79 Å². The number of halogens is 7. The number of alkyl halides is 6. The summed E-state index contributed by atoms with van der Waals surface area (Å²) in [7, 11) is 0. The van der Waals surface area contributed by atoms with E-state index in [1.165, 1.54) is 0 Å². The van der Waals surface area contributed by atoms with Gasteiger partial charge in [-0.15, -0.1) is 24.8 Å². The highest BCUT2D eigenvalue weighted by atomic mass is 35.5. The number of carbonyl (C=O) groups is 1. The van der Waals surface area contributed by atoms with Crippen LogP contribution in [-0.4, -0.2) is 16.6 Å². The fourth-order valence-electron chi connectivity index (χ4n) is 1.24. The van der Waals surface area contributed by atoms with Crippen LogP contribution >= 0.6 is 23.2 Å². The molecule has 1 heterocycles. The molecule has 10 heteroatoms. The molecule has 3 nitrogen and oxygen atoms in total. The van der Waals surface area contributed by atoms with E-state index in [0.717, 1.165) is 0 Å². The summed E-state index contributed by atoms with van der Waals surface area (Å²) in [6, 6.07) is 0. The summed E-state index contributed by atoms with van der Waals surface area (Å²) >= 11 is 10.3. The van der Waals surface area contributed by atoms with Crippen molar-refractivity contribution in [3.63, 3.8) is 0 Å². The largest absolute Gasteiger partial charge is 0.573 e.